The van der Waals surface area contributed by atoms with E-state index in [1.165, 1.54) is 30.3 Å². The summed E-state index contributed by atoms with van der Waals surface area (Å²) in [5.41, 5.74) is 10.6. The predicted octanol–water partition coefficient (Wildman–Crippen LogP) is 9.59. The van der Waals surface area contributed by atoms with Gasteiger partial charge < -0.3 is 94.9 Å². The minimum atomic E-state index is -1.02. The molecule has 2 unspecified atom stereocenters. The molecular formula is C104H116F4N18O21. The lowest BCUT2D eigenvalue weighted by Gasteiger charge is -2.36. The van der Waals surface area contributed by atoms with Crippen LogP contribution in [0.4, 0.5) is 63.3 Å². The van der Waals surface area contributed by atoms with Gasteiger partial charge in [0, 0.05) is 174 Å². The van der Waals surface area contributed by atoms with E-state index in [0.717, 1.165) is 113 Å². The second-order valence-corrected chi connectivity index (χ2v) is 36.2. The average molecular weight is 2030 g/mol. The second-order valence-electron chi connectivity index (χ2n) is 36.2. The number of aromatic nitrogens is 4. The number of carboxylic acids is 1. The van der Waals surface area contributed by atoms with Gasteiger partial charge in [-0.2, -0.15) is 10.2 Å². The zero-order chi connectivity index (χ0) is 103. The summed E-state index contributed by atoms with van der Waals surface area (Å²) in [4.78, 5) is 158. The number of nitrogens with zero attached hydrogens (tertiary/aromatic N) is 7. The van der Waals surface area contributed by atoms with Gasteiger partial charge in [-0.05, 0) is 195 Å². The van der Waals surface area contributed by atoms with Crippen molar-refractivity contribution in [2.75, 3.05) is 213 Å². The van der Waals surface area contributed by atoms with Gasteiger partial charge in [0.25, 0.3) is 35.4 Å². The Labute approximate surface area is 842 Å². The molecule has 18 rings (SSSR count). The van der Waals surface area contributed by atoms with Crippen LogP contribution in [0.2, 0.25) is 0 Å². The number of hydrogen-bond acceptors (Lipinski definition) is 29. The highest BCUT2D eigenvalue weighted by Crippen LogP contribution is 2.37. The monoisotopic (exact) mass is 2030 g/mol. The Balaban J connectivity index is 0.000000175. The lowest BCUT2D eigenvalue weighted by atomic mass is 10.0. The number of fused-ring (bicyclic) bond motifs is 4. The number of hydrogen-bond donors (Lipinski definition) is 12. The Morgan fingerprint density at radius 3 is 1.22 bits per heavy atom. The SMILES string of the molecule is O=C(Nc1n[nH]c2ccc(Cc3cc(F)cc(F)c3)cc12)c1ccc(N2CCNCC2)cc1NC1CCOCC1.O=C(O)CCOCCOCCOCCNc1ccc2c(c1)C(=O)N(C1CCC(=O)NC1=O)C2=O.O=C1CCC(N2C(=O)c3ccc(NCCOCCOCCOCCC(=O)N4CCN(c5ccc(C(=O)Nc6n[nH]c7ccc(Cc8cc(F)cc(F)c8)cc67)c(NC6CCOCC6)c5)CC4)cc3C2=O)C(=O)N1. The largest absolute Gasteiger partial charge is 0.481 e. The molecule has 12 N–H and O–H groups in total. The summed E-state index contributed by atoms with van der Waals surface area (Å²) in [5, 5.41) is 51.7. The molecule has 10 aromatic rings. The molecule has 8 aromatic carbocycles. The van der Waals surface area contributed by atoms with Crippen molar-refractivity contribution in [3.63, 3.8) is 0 Å². The maximum Gasteiger partial charge on any atom is 0.305 e. The molecule has 2 aromatic heterocycles. The van der Waals surface area contributed by atoms with E-state index in [1.54, 1.807) is 36.4 Å². The van der Waals surface area contributed by atoms with E-state index < -0.39 is 88.6 Å². The Kier molecular flexibility index (Phi) is 36.4. The molecule has 147 heavy (non-hydrogen) atoms. The Morgan fingerprint density at radius 2 is 0.803 bits per heavy atom. The summed E-state index contributed by atoms with van der Waals surface area (Å²) in [5.74, 6) is -7.68. The van der Waals surface area contributed by atoms with Gasteiger partial charge in [0.05, 0.1) is 137 Å². The topological polar surface area (TPSA) is 481 Å². The van der Waals surface area contributed by atoms with Crippen molar-refractivity contribution in [1.29, 1.82) is 0 Å². The number of benzene rings is 8. The van der Waals surface area contributed by atoms with Crippen LogP contribution in [0.15, 0.2) is 146 Å². The van der Waals surface area contributed by atoms with Crippen LogP contribution in [0, 0.1) is 23.3 Å². The molecule has 6 saturated heterocycles. The minimum Gasteiger partial charge on any atom is -0.481 e. The number of rotatable bonds is 42. The van der Waals surface area contributed by atoms with Crippen molar-refractivity contribution < 1.29 is 118 Å². The lowest BCUT2D eigenvalue weighted by Crippen LogP contribution is -2.54. The number of piperazine rings is 2. The average Bonchev–Trinajstić information content (AvgIpc) is 1.59. The third-order valence-corrected chi connectivity index (χ3v) is 26.0. The maximum atomic E-state index is 14.0. The standard InChI is InChI=1S/C52H57F2N9O10.C30H32F2N6O2.C22H27N3O9/c53-34-26-33(27-35(54)29-34)25-32-1-6-43-42(28-32)48(60-59-43)58-49(66)40-5-3-38(31-44(40)56-36-9-17-70-18-10-36)61-13-15-62(16-14-61)47(65)11-19-71-21-23-73-24-22-72-20-12-55-37-2-4-39-41(30-37)52(69)63(51(39)68)45-7-8-46(64)57-50(45)67;31-21-14-20(15-22(32)17-21)13-19-1-4-27-26(16-19)29(37-36-27)35-30(39)25-3-2-24(38-9-7-33-8-10-38)18-28(25)34-23-5-11-40-12-6-23;26-18-4-3-17(20(29)24-18)25-21(30)15-2-1-14(13-16(15)22(25)31)23-6-8-33-10-12-34-11-9-32-7-5-19(27)28/h1-6,26-31,36,45,55-56H,7-25H2,(H,57,64,67)(H2,58,59,60,66);1-4,14-18,23,33-34H,5-13H2,(H2,35,36,37,39);1-2,13,17,23H,3-12H2,(H,27,28)(H,24,26,29). The van der Waals surface area contributed by atoms with Gasteiger partial charge in [-0.3, -0.25) is 88.2 Å². The number of ether oxygens (including phenoxy) is 8. The molecule has 0 aliphatic carbocycles. The summed E-state index contributed by atoms with van der Waals surface area (Å²) in [6, 6.07) is 37.6. The van der Waals surface area contributed by atoms with Crippen LogP contribution in [0.1, 0.15) is 149 Å². The highest BCUT2D eigenvalue weighted by molar-refractivity contribution is 6.25. The van der Waals surface area contributed by atoms with Crippen molar-refractivity contribution in [2.24, 2.45) is 0 Å². The number of carbonyl (C=O) groups excluding carboxylic acids is 11. The van der Waals surface area contributed by atoms with Gasteiger partial charge >= 0.3 is 5.97 Å². The zero-order valence-corrected chi connectivity index (χ0v) is 80.8. The fraction of sp³-hybridized carbons (Fsp3) is 0.404. The van der Waals surface area contributed by atoms with Crippen LogP contribution in [0.25, 0.3) is 21.8 Å². The number of imide groups is 4. The Bertz CT molecular complexity index is 6420. The predicted molar refractivity (Wildman–Crippen MR) is 533 cm³/mol. The fourth-order valence-electron chi connectivity index (χ4n) is 18.4. The van der Waals surface area contributed by atoms with Crippen LogP contribution in [-0.2, 0) is 79.5 Å². The summed E-state index contributed by atoms with van der Waals surface area (Å²) < 4.78 is 99.1. The van der Waals surface area contributed by atoms with Crippen LogP contribution < -0.4 is 57.7 Å². The smallest absolute Gasteiger partial charge is 0.305 e. The Hall–Kier alpha value is -14.7. The maximum absolute atomic E-state index is 14.0. The Morgan fingerprint density at radius 1 is 0.408 bits per heavy atom. The fourth-order valence-corrected chi connectivity index (χ4v) is 18.4. The third kappa shape index (κ3) is 28.1. The van der Waals surface area contributed by atoms with Gasteiger partial charge in [0.1, 0.15) is 35.4 Å². The van der Waals surface area contributed by atoms with Crippen LogP contribution in [-0.4, -0.2) is 306 Å². The molecule has 8 aliphatic rings. The number of carbonyl (C=O) groups is 12. The number of nitrogens with one attached hydrogen (secondary N) is 11. The number of carboxylic acid groups (broad SMARTS) is 1. The molecule has 39 nitrogen and oxygen atoms in total. The van der Waals surface area contributed by atoms with E-state index in [2.05, 4.69) is 84.1 Å². The number of halogens is 4. The number of amides is 11. The number of anilines is 8. The number of piperidine rings is 2. The van der Waals surface area contributed by atoms with Crippen molar-refractivity contribution in [1.82, 2.24) is 51.0 Å². The molecule has 0 bridgehead atoms. The third-order valence-electron chi connectivity index (χ3n) is 26.0. The highest BCUT2D eigenvalue weighted by Gasteiger charge is 2.47. The zero-order valence-electron chi connectivity index (χ0n) is 80.8. The minimum absolute atomic E-state index is 0.00603. The van der Waals surface area contributed by atoms with Crippen molar-refractivity contribution >= 4 is 139 Å². The quantitative estimate of drug-likeness (QED) is 0.00961. The van der Waals surface area contributed by atoms with Crippen LogP contribution in [0.3, 0.4) is 0 Å². The van der Waals surface area contributed by atoms with E-state index in [4.69, 9.17) is 43.0 Å². The normalized spacial score (nSPS) is 17.1. The van der Waals surface area contributed by atoms with Crippen LogP contribution in [0.5, 0.6) is 0 Å². The number of aliphatic carboxylic acids is 1. The van der Waals surface area contributed by atoms with Crippen molar-refractivity contribution in [3.05, 3.63) is 224 Å². The van der Waals surface area contributed by atoms with Gasteiger partial charge in [0.15, 0.2) is 11.6 Å². The summed E-state index contributed by atoms with van der Waals surface area (Å²) >= 11 is 0. The van der Waals surface area contributed by atoms with E-state index in [0.29, 0.717) is 200 Å². The lowest BCUT2D eigenvalue weighted by molar-refractivity contribution is -0.139. The van der Waals surface area contributed by atoms with Crippen LogP contribution >= 0.6 is 0 Å². The molecule has 11 amide bonds. The molecule has 6 fully saturated rings. The van der Waals surface area contributed by atoms with Crippen molar-refractivity contribution in [2.45, 2.75) is 101 Å². The summed E-state index contributed by atoms with van der Waals surface area (Å²) in [6.45, 7) is 13.3. The van der Waals surface area contributed by atoms with E-state index >= 15 is 0 Å². The first-order valence-corrected chi connectivity index (χ1v) is 49.2. The first-order chi connectivity index (χ1) is 71.4. The second kappa shape index (κ2) is 50.9. The van der Waals surface area contributed by atoms with Gasteiger partial charge in [0.2, 0.25) is 29.5 Å². The van der Waals surface area contributed by atoms with E-state index in [9.17, 15) is 75.1 Å². The first kappa shape index (κ1) is 105. The van der Waals surface area contributed by atoms with Gasteiger partial charge in [-0.15, -0.1) is 0 Å². The summed E-state index contributed by atoms with van der Waals surface area (Å²) in [6.07, 6.45) is 4.49. The van der Waals surface area contributed by atoms with E-state index in [1.807, 2.05) is 65.6 Å². The molecule has 8 aliphatic heterocycles. The van der Waals surface area contributed by atoms with Crippen molar-refractivity contribution in [3.8, 4) is 0 Å². The first-order valence-electron chi connectivity index (χ1n) is 49.2. The molecule has 2 atom stereocenters. The van der Waals surface area contributed by atoms with Gasteiger partial charge in [-0.1, -0.05) is 12.1 Å². The molecular weight excluding hydrogens is 1910 g/mol. The number of aromatic amines is 2. The molecule has 0 spiro atoms. The van der Waals surface area contributed by atoms with Gasteiger partial charge in [-0.25, -0.2) is 17.6 Å². The molecule has 0 saturated carbocycles. The highest BCUT2D eigenvalue weighted by atomic mass is 19.1. The number of H-pyrrole nitrogens is 2. The molecule has 0 radical (unpaired) electrons. The molecule has 776 valence electrons. The summed E-state index contributed by atoms with van der Waals surface area (Å²) in [7, 11) is 0. The molecule has 10 heterocycles. The molecule has 43 heteroatoms. The van der Waals surface area contributed by atoms with E-state index in [-0.39, 0.29) is 110 Å².